The molecule has 0 saturated heterocycles. The quantitative estimate of drug-likeness (QED) is 0.690. The molecule has 0 bridgehead atoms. The Bertz CT molecular complexity index is 887. The largest absolute Gasteiger partial charge is 0.370 e. The molecule has 0 radical (unpaired) electrons. The fourth-order valence-electron chi connectivity index (χ4n) is 2.33. The van der Waals surface area contributed by atoms with Gasteiger partial charge in [0.05, 0.1) is 11.6 Å². The SMILES string of the molecule is N#Cc1ccc(Nc2cc(NCCc3cccc(Cl)c3)ncn2)cc1. The lowest BCUT2D eigenvalue weighted by Crippen LogP contribution is -2.07. The number of halogens is 1. The molecule has 0 amide bonds. The van der Waals surface area contributed by atoms with Crippen molar-refractivity contribution < 1.29 is 0 Å². The standard InChI is InChI=1S/C19H16ClN5/c20-16-3-1-2-14(10-16)8-9-22-18-11-19(24-13-23-18)25-17-6-4-15(12-21)5-7-17/h1-7,10-11,13H,8-9H2,(H2,22,23,24,25). The monoisotopic (exact) mass is 349 g/mol. The number of aromatic nitrogens is 2. The second-order valence-electron chi connectivity index (χ2n) is 5.41. The summed E-state index contributed by atoms with van der Waals surface area (Å²) < 4.78 is 0. The topological polar surface area (TPSA) is 73.6 Å². The van der Waals surface area contributed by atoms with Gasteiger partial charge < -0.3 is 10.6 Å². The van der Waals surface area contributed by atoms with E-state index >= 15 is 0 Å². The number of hydrogen-bond acceptors (Lipinski definition) is 5. The van der Waals surface area contributed by atoms with Crippen LogP contribution in [0.5, 0.6) is 0 Å². The molecule has 0 aliphatic carbocycles. The molecule has 0 aliphatic heterocycles. The Labute approximate surface area is 151 Å². The Morgan fingerprint density at radius 1 is 1.00 bits per heavy atom. The van der Waals surface area contributed by atoms with Gasteiger partial charge in [0.1, 0.15) is 18.0 Å². The van der Waals surface area contributed by atoms with Crippen molar-refractivity contribution >= 4 is 28.9 Å². The van der Waals surface area contributed by atoms with E-state index in [9.17, 15) is 0 Å². The third-order valence-electron chi connectivity index (χ3n) is 3.56. The summed E-state index contributed by atoms with van der Waals surface area (Å²) in [7, 11) is 0. The molecule has 0 atom stereocenters. The molecular weight excluding hydrogens is 334 g/mol. The summed E-state index contributed by atoms with van der Waals surface area (Å²) in [6, 6.07) is 19.0. The minimum atomic E-state index is 0.622. The number of nitriles is 1. The molecule has 2 N–H and O–H groups in total. The van der Waals surface area contributed by atoms with Crippen LogP contribution in [0, 0.1) is 11.3 Å². The molecule has 0 fully saturated rings. The second kappa shape index (κ2) is 8.13. The molecule has 0 unspecified atom stereocenters. The van der Waals surface area contributed by atoms with Crippen LogP contribution in [0.2, 0.25) is 5.02 Å². The van der Waals surface area contributed by atoms with Gasteiger partial charge in [0.15, 0.2) is 0 Å². The molecule has 25 heavy (non-hydrogen) atoms. The number of rotatable bonds is 6. The smallest absolute Gasteiger partial charge is 0.135 e. The fraction of sp³-hybridized carbons (Fsp3) is 0.105. The highest BCUT2D eigenvalue weighted by molar-refractivity contribution is 6.30. The lowest BCUT2D eigenvalue weighted by Gasteiger charge is -2.09. The first-order chi connectivity index (χ1) is 12.2. The van der Waals surface area contributed by atoms with Crippen molar-refractivity contribution in [1.82, 2.24) is 9.97 Å². The number of anilines is 3. The van der Waals surface area contributed by atoms with E-state index < -0.39 is 0 Å². The van der Waals surface area contributed by atoms with Crippen molar-refractivity contribution in [2.75, 3.05) is 17.2 Å². The molecule has 124 valence electrons. The van der Waals surface area contributed by atoms with Crippen LogP contribution in [-0.4, -0.2) is 16.5 Å². The van der Waals surface area contributed by atoms with Gasteiger partial charge in [-0.25, -0.2) is 9.97 Å². The predicted molar refractivity (Wildman–Crippen MR) is 100 cm³/mol. The maximum atomic E-state index is 8.83. The summed E-state index contributed by atoms with van der Waals surface area (Å²) in [5.41, 5.74) is 2.66. The van der Waals surface area contributed by atoms with E-state index in [4.69, 9.17) is 16.9 Å². The number of nitrogens with zero attached hydrogens (tertiary/aromatic N) is 3. The van der Waals surface area contributed by atoms with Crippen LogP contribution in [0.15, 0.2) is 60.9 Å². The zero-order valence-electron chi connectivity index (χ0n) is 13.4. The Morgan fingerprint density at radius 3 is 2.56 bits per heavy atom. The Morgan fingerprint density at radius 2 is 1.80 bits per heavy atom. The van der Waals surface area contributed by atoms with Crippen molar-refractivity contribution in [3.05, 3.63) is 77.1 Å². The lowest BCUT2D eigenvalue weighted by atomic mass is 10.1. The average Bonchev–Trinajstić information content (AvgIpc) is 2.63. The molecule has 0 aliphatic rings. The van der Waals surface area contributed by atoms with Gasteiger partial charge >= 0.3 is 0 Å². The van der Waals surface area contributed by atoms with Crippen molar-refractivity contribution in [3.63, 3.8) is 0 Å². The van der Waals surface area contributed by atoms with Crippen molar-refractivity contribution in [3.8, 4) is 6.07 Å². The van der Waals surface area contributed by atoms with E-state index in [1.165, 1.54) is 11.9 Å². The molecule has 3 rings (SSSR count). The van der Waals surface area contributed by atoms with Crippen LogP contribution in [0.3, 0.4) is 0 Å². The second-order valence-corrected chi connectivity index (χ2v) is 5.85. The first-order valence-corrected chi connectivity index (χ1v) is 8.18. The molecule has 1 aromatic heterocycles. The maximum Gasteiger partial charge on any atom is 0.135 e. The van der Waals surface area contributed by atoms with Gasteiger partial charge in [0, 0.05) is 23.3 Å². The third kappa shape index (κ3) is 4.93. The molecule has 5 nitrogen and oxygen atoms in total. The minimum Gasteiger partial charge on any atom is -0.370 e. The predicted octanol–water partition coefficient (Wildman–Crippen LogP) is 4.40. The summed E-state index contributed by atoms with van der Waals surface area (Å²) in [5, 5.41) is 16.0. The first kappa shape index (κ1) is 16.7. The van der Waals surface area contributed by atoms with E-state index in [-0.39, 0.29) is 0 Å². The van der Waals surface area contributed by atoms with E-state index in [1.54, 1.807) is 12.1 Å². The van der Waals surface area contributed by atoms with Crippen LogP contribution in [0.1, 0.15) is 11.1 Å². The summed E-state index contributed by atoms with van der Waals surface area (Å²) in [6.45, 7) is 0.744. The highest BCUT2D eigenvalue weighted by Crippen LogP contribution is 2.17. The van der Waals surface area contributed by atoms with E-state index in [2.05, 4.69) is 26.7 Å². The van der Waals surface area contributed by atoms with Crippen LogP contribution in [0.25, 0.3) is 0 Å². The van der Waals surface area contributed by atoms with E-state index in [0.717, 1.165) is 29.5 Å². The Kier molecular flexibility index (Phi) is 5.45. The molecule has 6 heteroatoms. The minimum absolute atomic E-state index is 0.622. The average molecular weight is 350 g/mol. The third-order valence-corrected chi connectivity index (χ3v) is 3.80. The van der Waals surface area contributed by atoms with Crippen LogP contribution < -0.4 is 10.6 Å². The highest BCUT2D eigenvalue weighted by atomic mass is 35.5. The molecular formula is C19H16ClN5. The van der Waals surface area contributed by atoms with Crippen molar-refractivity contribution in [2.45, 2.75) is 6.42 Å². The molecule has 3 aromatic rings. The summed E-state index contributed by atoms with van der Waals surface area (Å²) in [6.07, 6.45) is 2.36. The van der Waals surface area contributed by atoms with E-state index in [0.29, 0.717) is 11.4 Å². The van der Waals surface area contributed by atoms with Crippen LogP contribution in [-0.2, 0) is 6.42 Å². The van der Waals surface area contributed by atoms with Gasteiger partial charge in [-0.15, -0.1) is 0 Å². The Balaban J connectivity index is 1.58. The molecule has 1 heterocycles. The van der Waals surface area contributed by atoms with Crippen molar-refractivity contribution in [2.24, 2.45) is 0 Å². The zero-order chi connectivity index (χ0) is 17.5. The zero-order valence-corrected chi connectivity index (χ0v) is 14.2. The van der Waals surface area contributed by atoms with Gasteiger partial charge in [-0.2, -0.15) is 5.26 Å². The normalized spacial score (nSPS) is 10.1. The summed E-state index contributed by atoms with van der Waals surface area (Å²) >= 11 is 5.99. The molecule has 0 saturated carbocycles. The summed E-state index contributed by atoms with van der Waals surface area (Å²) in [4.78, 5) is 8.44. The van der Waals surface area contributed by atoms with Crippen LogP contribution in [0.4, 0.5) is 17.3 Å². The van der Waals surface area contributed by atoms with Crippen LogP contribution >= 0.6 is 11.6 Å². The highest BCUT2D eigenvalue weighted by Gasteiger charge is 2.01. The van der Waals surface area contributed by atoms with Gasteiger partial charge in [0.25, 0.3) is 0 Å². The van der Waals surface area contributed by atoms with Gasteiger partial charge in [0.2, 0.25) is 0 Å². The van der Waals surface area contributed by atoms with Crippen molar-refractivity contribution in [1.29, 1.82) is 5.26 Å². The van der Waals surface area contributed by atoms with E-state index in [1.807, 2.05) is 42.5 Å². The van der Waals surface area contributed by atoms with Gasteiger partial charge in [-0.1, -0.05) is 23.7 Å². The number of benzene rings is 2. The Hall–Kier alpha value is -3.10. The fourth-order valence-corrected chi connectivity index (χ4v) is 2.54. The molecule has 0 spiro atoms. The first-order valence-electron chi connectivity index (χ1n) is 7.80. The number of hydrogen-bond donors (Lipinski definition) is 2. The molecule has 2 aromatic carbocycles. The van der Waals surface area contributed by atoms with Gasteiger partial charge in [-0.3, -0.25) is 0 Å². The number of nitrogens with one attached hydrogen (secondary N) is 2. The summed E-state index contributed by atoms with van der Waals surface area (Å²) in [5.74, 6) is 1.43. The maximum absolute atomic E-state index is 8.83. The lowest BCUT2D eigenvalue weighted by molar-refractivity contribution is 1.000. The van der Waals surface area contributed by atoms with Gasteiger partial charge in [-0.05, 0) is 48.4 Å².